The van der Waals surface area contributed by atoms with Gasteiger partial charge in [-0.2, -0.15) is 5.10 Å². The number of carbonyl (C=O) groups is 1. The van der Waals surface area contributed by atoms with Crippen molar-refractivity contribution >= 4 is 11.6 Å². The van der Waals surface area contributed by atoms with Crippen LogP contribution in [0.15, 0.2) is 24.4 Å². The van der Waals surface area contributed by atoms with Crippen LogP contribution >= 0.6 is 0 Å². The Balaban J connectivity index is 2.29. The van der Waals surface area contributed by atoms with E-state index in [1.807, 2.05) is 0 Å². The highest BCUT2D eigenvalue weighted by atomic mass is 19.1. The summed E-state index contributed by atoms with van der Waals surface area (Å²) in [6.45, 7) is 2.21. The van der Waals surface area contributed by atoms with Gasteiger partial charge in [0.25, 0.3) is 5.91 Å². The Labute approximate surface area is 103 Å². The zero-order valence-electron chi connectivity index (χ0n) is 9.85. The van der Waals surface area contributed by atoms with Crippen molar-refractivity contribution in [2.75, 3.05) is 5.73 Å². The van der Waals surface area contributed by atoms with Gasteiger partial charge in [-0.3, -0.25) is 9.48 Å². The first-order valence-corrected chi connectivity index (χ1v) is 5.35. The summed E-state index contributed by atoms with van der Waals surface area (Å²) in [5.41, 5.74) is 12.7. The molecule has 0 radical (unpaired) electrons. The fraction of sp³-hybridized carbons (Fsp3) is 0.167. The smallest absolute Gasteiger partial charge is 0.271 e. The van der Waals surface area contributed by atoms with Gasteiger partial charge in [0.1, 0.15) is 5.82 Å². The topological polar surface area (TPSA) is 86.9 Å². The monoisotopic (exact) mass is 248 g/mol. The van der Waals surface area contributed by atoms with E-state index in [1.54, 1.807) is 13.0 Å². The number of amides is 1. The Hall–Kier alpha value is -2.37. The number of anilines is 1. The molecule has 4 N–H and O–H groups in total. The Morgan fingerprint density at radius 2 is 2.22 bits per heavy atom. The quantitative estimate of drug-likeness (QED) is 0.851. The summed E-state index contributed by atoms with van der Waals surface area (Å²) in [6, 6.07) is 4.49. The number of carbonyl (C=O) groups excluding carboxylic acids is 1. The first kappa shape index (κ1) is 12.1. The molecule has 0 fully saturated rings. The van der Waals surface area contributed by atoms with Crippen molar-refractivity contribution < 1.29 is 9.18 Å². The Morgan fingerprint density at radius 1 is 1.50 bits per heavy atom. The van der Waals surface area contributed by atoms with Gasteiger partial charge in [0.2, 0.25) is 0 Å². The third kappa shape index (κ3) is 2.32. The fourth-order valence-electron chi connectivity index (χ4n) is 1.72. The molecule has 2 aromatic rings. The molecule has 0 saturated heterocycles. The molecule has 0 atom stereocenters. The molecular weight excluding hydrogens is 235 g/mol. The fourth-order valence-corrected chi connectivity index (χ4v) is 1.72. The lowest BCUT2D eigenvalue weighted by atomic mass is 10.1. The van der Waals surface area contributed by atoms with Crippen LogP contribution in [-0.2, 0) is 6.54 Å². The SMILES string of the molecule is Cc1cc(F)ccc1Cn1cc(N)c(C(N)=O)n1. The van der Waals surface area contributed by atoms with Crippen LogP contribution in [0, 0.1) is 12.7 Å². The Bertz CT molecular complexity index is 606. The predicted molar refractivity (Wildman–Crippen MR) is 65.4 cm³/mol. The molecule has 18 heavy (non-hydrogen) atoms. The molecule has 6 heteroatoms. The maximum atomic E-state index is 13.0. The van der Waals surface area contributed by atoms with Gasteiger partial charge in [-0.15, -0.1) is 0 Å². The highest BCUT2D eigenvalue weighted by molar-refractivity contribution is 5.95. The zero-order chi connectivity index (χ0) is 13.3. The minimum atomic E-state index is -0.665. The number of aromatic nitrogens is 2. The van der Waals surface area contributed by atoms with E-state index >= 15 is 0 Å². The van der Waals surface area contributed by atoms with E-state index in [0.717, 1.165) is 11.1 Å². The van der Waals surface area contributed by atoms with Crippen LogP contribution < -0.4 is 11.5 Å². The number of hydrogen-bond donors (Lipinski definition) is 2. The molecule has 0 unspecified atom stereocenters. The van der Waals surface area contributed by atoms with Crippen LogP contribution in [0.5, 0.6) is 0 Å². The zero-order valence-corrected chi connectivity index (χ0v) is 9.85. The van der Waals surface area contributed by atoms with E-state index < -0.39 is 5.91 Å². The highest BCUT2D eigenvalue weighted by Crippen LogP contribution is 2.14. The number of benzene rings is 1. The number of nitrogens with two attached hydrogens (primary N) is 2. The van der Waals surface area contributed by atoms with E-state index in [2.05, 4.69) is 5.10 Å². The maximum Gasteiger partial charge on any atom is 0.271 e. The van der Waals surface area contributed by atoms with E-state index in [4.69, 9.17) is 11.5 Å². The average Bonchev–Trinajstić information content (AvgIpc) is 2.64. The first-order chi connectivity index (χ1) is 8.47. The minimum Gasteiger partial charge on any atom is -0.396 e. The second kappa shape index (κ2) is 4.48. The summed E-state index contributed by atoms with van der Waals surface area (Å²) < 4.78 is 14.5. The number of primary amides is 1. The van der Waals surface area contributed by atoms with Gasteiger partial charge < -0.3 is 11.5 Å². The van der Waals surface area contributed by atoms with Crippen LogP contribution in [0.4, 0.5) is 10.1 Å². The second-order valence-electron chi connectivity index (χ2n) is 4.07. The third-order valence-electron chi connectivity index (χ3n) is 2.66. The van der Waals surface area contributed by atoms with Gasteiger partial charge >= 0.3 is 0 Å². The Morgan fingerprint density at radius 3 is 2.78 bits per heavy atom. The van der Waals surface area contributed by atoms with E-state index in [1.165, 1.54) is 23.0 Å². The lowest BCUT2D eigenvalue weighted by Crippen LogP contribution is -2.14. The molecule has 1 aromatic carbocycles. The summed E-state index contributed by atoms with van der Waals surface area (Å²) in [4.78, 5) is 11.0. The normalized spacial score (nSPS) is 10.6. The molecule has 0 spiro atoms. The van der Waals surface area contributed by atoms with Gasteiger partial charge in [-0.1, -0.05) is 6.07 Å². The van der Waals surface area contributed by atoms with Gasteiger partial charge in [0, 0.05) is 6.20 Å². The molecule has 1 heterocycles. The van der Waals surface area contributed by atoms with Crippen molar-refractivity contribution in [3.05, 3.63) is 47.0 Å². The van der Waals surface area contributed by atoms with E-state index in [-0.39, 0.29) is 17.2 Å². The number of nitrogens with zero attached hydrogens (tertiary/aromatic N) is 2. The van der Waals surface area contributed by atoms with E-state index in [0.29, 0.717) is 6.54 Å². The summed E-state index contributed by atoms with van der Waals surface area (Å²) in [7, 11) is 0. The standard InChI is InChI=1S/C12H13FN4O/c1-7-4-9(13)3-2-8(7)5-17-6-10(14)11(16-17)12(15)18/h2-4,6H,5,14H2,1H3,(H2,15,18). The van der Waals surface area contributed by atoms with Crippen molar-refractivity contribution in [1.29, 1.82) is 0 Å². The summed E-state index contributed by atoms with van der Waals surface area (Å²) in [5, 5.41) is 3.99. The lowest BCUT2D eigenvalue weighted by molar-refractivity contribution is 0.0995. The number of halogens is 1. The van der Waals surface area contributed by atoms with Gasteiger partial charge in [-0.25, -0.2) is 4.39 Å². The summed E-state index contributed by atoms with van der Waals surface area (Å²) in [6.07, 6.45) is 1.53. The molecule has 0 saturated carbocycles. The lowest BCUT2D eigenvalue weighted by Gasteiger charge is -2.05. The molecule has 1 amide bonds. The molecule has 0 aliphatic carbocycles. The van der Waals surface area contributed by atoms with Crippen LogP contribution in [0.2, 0.25) is 0 Å². The first-order valence-electron chi connectivity index (χ1n) is 5.35. The van der Waals surface area contributed by atoms with Crippen molar-refractivity contribution in [3.8, 4) is 0 Å². The minimum absolute atomic E-state index is 0.0507. The van der Waals surface area contributed by atoms with Crippen molar-refractivity contribution in [1.82, 2.24) is 9.78 Å². The van der Waals surface area contributed by atoms with Crippen molar-refractivity contribution in [2.24, 2.45) is 5.73 Å². The van der Waals surface area contributed by atoms with Gasteiger partial charge in [0.05, 0.1) is 12.2 Å². The molecule has 0 aliphatic heterocycles. The summed E-state index contributed by atoms with van der Waals surface area (Å²) in [5.74, 6) is -0.948. The molecule has 2 rings (SSSR count). The van der Waals surface area contributed by atoms with Crippen LogP contribution in [0.1, 0.15) is 21.6 Å². The number of aryl methyl sites for hydroxylation is 1. The van der Waals surface area contributed by atoms with E-state index in [9.17, 15) is 9.18 Å². The van der Waals surface area contributed by atoms with Crippen molar-refractivity contribution in [3.63, 3.8) is 0 Å². The maximum absolute atomic E-state index is 13.0. The number of nitrogen functional groups attached to an aromatic ring is 1. The average molecular weight is 248 g/mol. The van der Waals surface area contributed by atoms with Crippen molar-refractivity contribution in [2.45, 2.75) is 13.5 Å². The number of hydrogen-bond acceptors (Lipinski definition) is 3. The largest absolute Gasteiger partial charge is 0.396 e. The third-order valence-corrected chi connectivity index (χ3v) is 2.66. The molecular formula is C12H13FN4O. The molecule has 5 nitrogen and oxygen atoms in total. The second-order valence-corrected chi connectivity index (χ2v) is 4.07. The highest BCUT2D eigenvalue weighted by Gasteiger charge is 2.11. The molecule has 0 aliphatic rings. The summed E-state index contributed by atoms with van der Waals surface area (Å²) >= 11 is 0. The molecule has 0 bridgehead atoms. The van der Waals surface area contributed by atoms with Crippen LogP contribution in [0.3, 0.4) is 0 Å². The van der Waals surface area contributed by atoms with Crippen LogP contribution in [0.25, 0.3) is 0 Å². The Kier molecular flexibility index (Phi) is 3.01. The van der Waals surface area contributed by atoms with Crippen LogP contribution in [-0.4, -0.2) is 15.7 Å². The molecule has 1 aromatic heterocycles. The molecule has 94 valence electrons. The van der Waals surface area contributed by atoms with Gasteiger partial charge in [0.15, 0.2) is 5.69 Å². The number of rotatable bonds is 3. The predicted octanol–water partition coefficient (Wildman–Crippen LogP) is 1.06. The van der Waals surface area contributed by atoms with Gasteiger partial charge in [-0.05, 0) is 30.2 Å².